The van der Waals surface area contributed by atoms with E-state index in [1.807, 2.05) is 6.07 Å². The molecule has 1 unspecified atom stereocenters. The molecule has 0 amide bonds. The molecule has 5 rings (SSSR count). The van der Waals surface area contributed by atoms with Gasteiger partial charge in [0.15, 0.2) is 11.5 Å². The van der Waals surface area contributed by atoms with Crippen LogP contribution < -0.4 is 14.8 Å². The predicted octanol–water partition coefficient (Wildman–Crippen LogP) is 5.57. The minimum absolute atomic E-state index is 0.145. The molecule has 28 heavy (non-hydrogen) atoms. The van der Waals surface area contributed by atoms with Gasteiger partial charge in [0.2, 0.25) is 0 Å². The second kappa shape index (κ2) is 7.32. The van der Waals surface area contributed by atoms with E-state index in [-0.39, 0.29) is 12.1 Å². The van der Waals surface area contributed by atoms with Crippen LogP contribution in [0.3, 0.4) is 0 Å². The summed E-state index contributed by atoms with van der Waals surface area (Å²) in [4.78, 5) is 0. The van der Waals surface area contributed by atoms with Gasteiger partial charge in [0.25, 0.3) is 0 Å². The molecule has 2 aliphatic heterocycles. The van der Waals surface area contributed by atoms with Gasteiger partial charge in [-0.25, -0.2) is 0 Å². The zero-order valence-electron chi connectivity index (χ0n) is 16.7. The molecule has 2 fully saturated rings. The van der Waals surface area contributed by atoms with Gasteiger partial charge >= 0.3 is 0 Å². The average molecular weight is 380 g/mol. The topological polar surface area (TPSA) is 39.7 Å². The molecule has 1 aliphatic carbocycles. The maximum atomic E-state index is 6.53. The SMILES string of the molecule is COc1cccc(C2Nc3ccc(C)cc3[C@H]3OCC[C@@H]23)c1OC1CCCC1. The molecule has 148 valence electrons. The summed E-state index contributed by atoms with van der Waals surface area (Å²) in [6.45, 7) is 2.95. The zero-order chi connectivity index (χ0) is 19.1. The van der Waals surface area contributed by atoms with E-state index in [9.17, 15) is 0 Å². The molecule has 2 aromatic carbocycles. The van der Waals surface area contributed by atoms with Crippen molar-refractivity contribution in [1.29, 1.82) is 0 Å². The van der Waals surface area contributed by atoms with E-state index in [2.05, 4.69) is 42.6 Å². The van der Waals surface area contributed by atoms with Crippen LogP contribution in [0.4, 0.5) is 5.69 Å². The van der Waals surface area contributed by atoms with Gasteiger partial charge in [-0.1, -0.05) is 29.8 Å². The largest absolute Gasteiger partial charge is 0.493 e. The van der Waals surface area contributed by atoms with Gasteiger partial charge in [0.1, 0.15) is 0 Å². The number of nitrogens with one attached hydrogen (secondary N) is 1. The van der Waals surface area contributed by atoms with Crippen LogP contribution in [0, 0.1) is 12.8 Å². The monoisotopic (exact) mass is 379 g/mol. The minimum atomic E-state index is 0.145. The summed E-state index contributed by atoms with van der Waals surface area (Å²) < 4.78 is 18.4. The molecule has 0 radical (unpaired) electrons. The van der Waals surface area contributed by atoms with E-state index in [0.717, 1.165) is 37.4 Å². The Labute approximate surface area is 167 Å². The first-order valence-electron chi connectivity index (χ1n) is 10.6. The van der Waals surface area contributed by atoms with Crippen LogP contribution in [0.2, 0.25) is 0 Å². The number of hydrogen-bond acceptors (Lipinski definition) is 4. The molecular formula is C24H29NO3. The van der Waals surface area contributed by atoms with Crippen LogP contribution in [0.25, 0.3) is 0 Å². The number of aryl methyl sites for hydroxylation is 1. The molecule has 1 saturated heterocycles. The van der Waals surface area contributed by atoms with Gasteiger partial charge in [-0.3, -0.25) is 0 Å². The van der Waals surface area contributed by atoms with Crippen LogP contribution in [0.15, 0.2) is 36.4 Å². The van der Waals surface area contributed by atoms with Crippen molar-refractivity contribution in [3.63, 3.8) is 0 Å². The molecular weight excluding hydrogens is 350 g/mol. The van der Waals surface area contributed by atoms with Crippen molar-refractivity contribution in [3.8, 4) is 11.5 Å². The predicted molar refractivity (Wildman–Crippen MR) is 110 cm³/mol. The number of rotatable bonds is 4. The standard InChI is InChI=1S/C24H29NO3/c1-15-10-11-20-19(14-15)23-18(12-13-27-23)22(25-20)17-8-5-9-21(26-2)24(17)28-16-6-3-4-7-16/h5,8-11,14,16,18,22-23,25H,3-4,6-7,12-13H2,1-2H3/t18-,22?,23-/m0/s1. The maximum Gasteiger partial charge on any atom is 0.166 e. The summed E-state index contributed by atoms with van der Waals surface area (Å²) >= 11 is 0. The number of anilines is 1. The van der Waals surface area contributed by atoms with E-state index < -0.39 is 0 Å². The molecule has 2 aromatic rings. The Morgan fingerprint density at radius 2 is 1.89 bits per heavy atom. The number of fused-ring (bicyclic) bond motifs is 3. The lowest BCUT2D eigenvalue weighted by molar-refractivity contribution is 0.0823. The first-order valence-corrected chi connectivity index (χ1v) is 10.6. The Bertz CT molecular complexity index is 859. The molecule has 1 N–H and O–H groups in total. The van der Waals surface area contributed by atoms with Gasteiger partial charge in [-0.15, -0.1) is 0 Å². The van der Waals surface area contributed by atoms with Crippen LogP contribution in [-0.2, 0) is 4.74 Å². The van der Waals surface area contributed by atoms with Crippen LogP contribution >= 0.6 is 0 Å². The molecule has 0 aromatic heterocycles. The van der Waals surface area contributed by atoms with Crippen molar-refractivity contribution in [2.45, 2.75) is 57.3 Å². The quantitative estimate of drug-likeness (QED) is 0.754. The Kier molecular flexibility index (Phi) is 4.67. The van der Waals surface area contributed by atoms with E-state index >= 15 is 0 Å². The molecule has 3 aliphatic rings. The summed E-state index contributed by atoms with van der Waals surface area (Å²) in [5.41, 5.74) is 4.94. The van der Waals surface area contributed by atoms with Gasteiger partial charge < -0.3 is 19.5 Å². The number of para-hydroxylation sites is 1. The lowest BCUT2D eigenvalue weighted by Crippen LogP contribution is -2.30. The van der Waals surface area contributed by atoms with Crippen molar-refractivity contribution in [2.75, 3.05) is 19.0 Å². The third-order valence-corrected chi connectivity index (χ3v) is 6.54. The Balaban J connectivity index is 1.56. The third kappa shape index (κ3) is 3.04. The van der Waals surface area contributed by atoms with Crippen molar-refractivity contribution in [2.24, 2.45) is 5.92 Å². The highest BCUT2D eigenvalue weighted by molar-refractivity contribution is 5.60. The smallest absolute Gasteiger partial charge is 0.166 e. The number of ether oxygens (including phenoxy) is 3. The maximum absolute atomic E-state index is 6.53. The molecule has 1 saturated carbocycles. The van der Waals surface area contributed by atoms with Gasteiger partial charge in [0.05, 0.1) is 25.4 Å². The highest BCUT2D eigenvalue weighted by Crippen LogP contribution is 2.52. The fourth-order valence-corrected chi connectivity index (χ4v) is 5.14. The Hall–Kier alpha value is -2.20. The second-order valence-corrected chi connectivity index (χ2v) is 8.36. The Morgan fingerprint density at radius 1 is 1.04 bits per heavy atom. The molecule has 4 nitrogen and oxygen atoms in total. The second-order valence-electron chi connectivity index (χ2n) is 8.36. The first kappa shape index (κ1) is 17.9. The van der Waals surface area contributed by atoms with Crippen LogP contribution in [-0.4, -0.2) is 19.8 Å². The fraction of sp³-hybridized carbons (Fsp3) is 0.500. The molecule has 3 atom stereocenters. The van der Waals surface area contributed by atoms with Gasteiger partial charge in [-0.05, 0) is 51.2 Å². The minimum Gasteiger partial charge on any atom is -0.493 e. The number of methoxy groups -OCH3 is 1. The lowest BCUT2D eigenvalue weighted by atomic mass is 9.80. The molecule has 4 heteroatoms. The van der Waals surface area contributed by atoms with Crippen molar-refractivity contribution < 1.29 is 14.2 Å². The summed E-state index contributed by atoms with van der Waals surface area (Å²) in [5, 5.41) is 3.81. The Morgan fingerprint density at radius 3 is 2.71 bits per heavy atom. The summed E-state index contributed by atoms with van der Waals surface area (Å²) in [5.74, 6) is 2.14. The summed E-state index contributed by atoms with van der Waals surface area (Å²) in [6.07, 6.45) is 6.26. The average Bonchev–Trinajstić information content (AvgIpc) is 3.40. The molecule has 0 bridgehead atoms. The molecule has 0 spiro atoms. The highest BCUT2D eigenvalue weighted by atomic mass is 16.5. The fourth-order valence-electron chi connectivity index (χ4n) is 5.14. The van der Waals surface area contributed by atoms with E-state index in [0.29, 0.717) is 12.0 Å². The van der Waals surface area contributed by atoms with Crippen molar-refractivity contribution in [3.05, 3.63) is 53.1 Å². The van der Waals surface area contributed by atoms with Crippen molar-refractivity contribution >= 4 is 5.69 Å². The zero-order valence-corrected chi connectivity index (χ0v) is 16.7. The van der Waals surface area contributed by atoms with Crippen molar-refractivity contribution in [1.82, 2.24) is 0 Å². The first-order chi connectivity index (χ1) is 13.7. The van der Waals surface area contributed by atoms with E-state index in [1.165, 1.54) is 35.2 Å². The van der Waals surface area contributed by atoms with E-state index in [1.54, 1.807) is 7.11 Å². The van der Waals surface area contributed by atoms with Gasteiger partial charge in [-0.2, -0.15) is 0 Å². The van der Waals surface area contributed by atoms with Crippen LogP contribution in [0.1, 0.15) is 60.9 Å². The molecule has 2 heterocycles. The lowest BCUT2D eigenvalue weighted by Gasteiger charge is -2.37. The normalized spacial score (nSPS) is 26.4. The summed E-state index contributed by atoms with van der Waals surface area (Å²) in [6, 6.07) is 13.1. The van der Waals surface area contributed by atoms with Gasteiger partial charge in [0, 0.05) is 29.3 Å². The number of benzene rings is 2. The third-order valence-electron chi connectivity index (χ3n) is 6.54. The van der Waals surface area contributed by atoms with Crippen LogP contribution in [0.5, 0.6) is 11.5 Å². The summed E-state index contributed by atoms with van der Waals surface area (Å²) in [7, 11) is 1.73. The number of hydrogen-bond donors (Lipinski definition) is 1. The highest BCUT2D eigenvalue weighted by Gasteiger charge is 2.43. The van der Waals surface area contributed by atoms with E-state index in [4.69, 9.17) is 14.2 Å².